The summed E-state index contributed by atoms with van der Waals surface area (Å²) in [7, 11) is 1.62. The Morgan fingerprint density at radius 2 is 2.15 bits per heavy atom. The van der Waals surface area contributed by atoms with E-state index in [4.69, 9.17) is 14.9 Å². The van der Waals surface area contributed by atoms with Crippen LogP contribution in [-0.2, 0) is 17.6 Å². The predicted octanol–water partition coefficient (Wildman–Crippen LogP) is 3.97. The summed E-state index contributed by atoms with van der Waals surface area (Å²) in [4.78, 5) is 14.8. The highest BCUT2D eigenvalue weighted by Gasteiger charge is 2.24. The Labute approximate surface area is 158 Å². The van der Waals surface area contributed by atoms with Crippen molar-refractivity contribution < 1.29 is 13.9 Å². The lowest BCUT2D eigenvalue weighted by Gasteiger charge is -2.30. The highest BCUT2D eigenvalue weighted by atomic mass is 35.5. The summed E-state index contributed by atoms with van der Waals surface area (Å²) in [5.74, 6) is 0.797. The first-order valence-electron chi connectivity index (χ1n) is 8.39. The van der Waals surface area contributed by atoms with Crippen molar-refractivity contribution in [2.75, 3.05) is 24.3 Å². The standard InChI is InChI=1S/C20H20N2O3.ClH/c1-24-14-7-8-15-13(12-25-19(15)11-14)10-20(23)22-9-3-4-16-17(21)5-2-6-18(16)22;/h2,5-8,11-12H,3-4,9-10,21H2,1H3;1H. The van der Waals surface area contributed by atoms with Crippen molar-refractivity contribution in [2.45, 2.75) is 19.3 Å². The van der Waals surface area contributed by atoms with Crippen molar-refractivity contribution in [1.82, 2.24) is 0 Å². The molecule has 26 heavy (non-hydrogen) atoms. The first-order chi connectivity index (χ1) is 12.2. The van der Waals surface area contributed by atoms with Crippen molar-refractivity contribution >= 4 is 40.7 Å². The molecule has 3 aromatic rings. The van der Waals surface area contributed by atoms with Crippen LogP contribution in [0.15, 0.2) is 47.1 Å². The summed E-state index contributed by atoms with van der Waals surface area (Å²) >= 11 is 0. The van der Waals surface area contributed by atoms with Crippen molar-refractivity contribution in [3.8, 4) is 5.75 Å². The number of halogens is 1. The first kappa shape index (κ1) is 18.1. The van der Waals surface area contributed by atoms with Crippen molar-refractivity contribution in [3.63, 3.8) is 0 Å². The van der Waals surface area contributed by atoms with Gasteiger partial charge in [0.15, 0.2) is 0 Å². The van der Waals surface area contributed by atoms with Crippen LogP contribution < -0.4 is 15.4 Å². The number of nitrogen functional groups attached to an aromatic ring is 1. The van der Waals surface area contributed by atoms with E-state index in [9.17, 15) is 4.79 Å². The van der Waals surface area contributed by atoms with E-state index in [1.807, 2.05) is 41.3 Å². The van der Waals surface area contributed by atoms with Crippen molar-refractivity contribution in [2.24, 2.45) is 0 Å². The summed E-state index contributed by atoms with van der Waals surface area (Å²) in [5.41, 5.74) is 10.5. The third-order valence-corrected chi connectivity index (χ3v) is 4.79. The van der Waals surface area contributed by atoms with Gasteiger partial charge >= 0.3 is 0 Å². The smallest absolute Gasteiger partial charge is 0.231 e. The number of ether oxygens (including phenoxy) is 1. The second-order valence-electron chi connectivity index (χ2n) is 6.29. The lowest BCUT2D eigenvalue weighted by Crippen LogP contribution is -2.36. The van der Waals surface area contributed by atoms with Gasteiger partial charge in [0.2, 0.25) is 5.91 Å². The van der Waals surface area contributed by atoms with Crippen LogP contribution in [0.5, 0.6) is 5.75 Å². The number of carbonyl (C=O) groups excluding carboxylic acids is 1. The monoisotopic (exact) mass is 372 g/mol. The van der Waals surface area contributed by atoms with Gasteiger partial charge in [0.05, 0.1) is 19.8 Å². The van der Waals surface area contributed by atoms with Crippen LogP contribution >= 0.6 is 12.4 Å². The molecule has 0 bridgehead atoms. The van der Waals surface area contributed by atoms with Crippen molar-refractivity contribution in [1.29, 1.82) is 0 Å². The number of anilines is 2. The first-order valence-corrected chi connectivity index (χ1v) is 8.39. The number of rotatable bonds is 3. The maximum atomic E-state index is 12.9. The molecule has 0 atom stereocenters. The number of amides is 1. The van der Waals surface area contributed by atoms with Gasteiger partial charge in [0.25, 0.3) is 0 Å². The number of furan rings is 1. The molecule has 2 aromatic carbocycles. The van der Waals surface area contributed by atoms with E-state index in [0.29, 0.717) is 6.42 Å². The molecule has 0 saturated carbocycles. The molecule has 0 aliphatic carbocycles. The summed E-state index contributed by atoms with van der Waals surface area (Å²) in [5, 5.41) is 0.943. The molecule has 0 unspecified atom stereocenters. The molecule has 0 fully saturated rings. The van der Waals surface area contributed by atoms with E-state index < -0.39 is 0 Å². The maximum absolute atomic E-state index is 12.9. The third-order valence-electron chi connectivity index (χ3n) is 4.79. The number of hydrogen-bond donors (Lipinski definition) is 1. The highest BCUT2D eigenvalue weighted by molar-refractivity contribution is 5.98. The number of nitrogens with zero attached hydrogens (tertiary/aromatic N) is 1. The zero-order chi connectivity index (χ0) is 17.4. The van der Waals surface area contributed by atoms with Gasteiger partial charge in [-0.15, -0.1) is 12.4 Å². The van der Waals surface area contributed by atoms with Gasteiger partial charge in [-0.1, -0.05) is 6.07 Å². The molecule has 0 spiro atoms. The molecule has 1 aromatic heterocycles. The summed E-state index contributed by atoms with van der Waals surface area (Å²) in [6, 6.07) is 11.4. The fourth-order valence-electron chi connectivity index (χ4n) is 3.50. The van der Waals surface area contributed by atoms with E-state index in [2.05, 4.69) is 0 Å². The predicted molar refractivity (Wildman–Crippen MR) is 105 cm³/mol. The van der Waals surface area contributed by atoms with Gasteiger partial charge in [-0.25, -0.2) is 0 Å². The van der Waals surface area contributed by atoms with Crippen LogP contribution in [0.2, 0.25) is 0 Å². The molecule has 6 heteroatoms. The molecule has 5 nitrogen and oxygen atoms in total. The van der Waals surface area contributed by atoms with E-state index in [0.717, 1.165) is 58.6 Å². The number of fused-ring (bicyclic) bond motifs is 2. The molecule has 0 radical (unpaired) electrons. The average molecular weight is 373 g/mol. The molecular weight excluding hydrogens is 352 g/mol. The van der Waals surface area contributed by atoms with Gasteiger partial charge < -0.3 is 19.8 Å². The lowest BCUT2D eigenvalue weighted by atomic mass is 9.99. The number of carbonyl (C=O) groups is 1. The fourth-order valence-corrected chi connectivity index (χ4v) is 3.50. The van der Waals surface area contributed by atoms with E-state index >= 15 is 0 Å². The topological polar surface area (TPSA) is 68.7 Å². The molecule has 1 amide bonds. The van der Waals surface area contributed by atoms with Crippen LogP contribution in [0.25, 0.3) is 11.0 Å². The third kappa shape index (κ3) is 3.10. The molecular formula is C20H21ClN2O3. The number of methoxy groups -OCH3 is 1. The molecule has 2 heterocycles. The molecule has 1 aliphatic heterocycles. The Morgan fingerprint density at radius 3 is 2.96 bits per heavy atom. The van der Waals surface area contributed by atoms with Gasteiger partial charge in [-0.3, -0.25) is 4.79 Å². The maximum Gasteiger partial charge on any atom is 0.231 e. The van der Waals surface area contributed by atoms with Gasteiger partial charge in [-0.2, -0.15) is 0 Å². The van der Waals surface area contributed by atoms with Crippen LogP contribution in [0.3, 0.4) is 0 Å². The number of benzene rings is 2. The minimum Gasteiger partial charge on any atom is -0.497 e. The van der Waals surface area contributed by atoms with E-state index in [1.54, 1.807) is 13.4 Å². The summed E-state index contributed by atoms with van der Waals surface area (Å²) in [6.45, 7) is 0.721. The molecule has 1 aliphatic rings. The number of nitrogens with two attached hydrogens (primary N) is 1. The molecule has 2 N–H and O–H groups in total. The Bertz CT molecular complexity index is 951. The Morgan fingerprint density at radius 1 is 1.31 bits per heavy atom. The lowest BCUT2D eigenvalue weighted by molar-refractivity contribution is -0.118. The Kier molecular flexibility index (Phi) is 5.09. The van der Waals surface area contributed by atoms with E-state index in [1.165, 1.54) is 0 Å². The minimum absolute atomic E-state index is 0. The summed E-state index contributed by atoms with van der Waals surface area (Å²) in [6.07, 6.45) is 3.80. The Balaban J connectivity index is 0.00000196. The van der Waals surface area contributed by atoms with Gasteiger partial charge in [0, 0.05) is 34.9 Å². The SMILES string of the molecule is COc1ccc2c(CC(=O)N3CCCc4c(N)cccc43)coc2c1.Cl. The zero-order valence-corrected chi connectivity index (χ0v) is 15.3. The second kappa shape index (κ2) is 7.30. The Hall–Kier alpha value is -2.66. The van der Waals surface area contributed by atoms with Crippen LogP contribution in [0.1, 0.15) is 17.5 Å². The van der Waals surface area contributed by atoms with E-state index in [-0.39, 0.29) is 18.3 Å². The molecule has 4 rings (SSSR count). The fraction of sp³-hybridized carbons (Fsp3) is 0.250. The zero-order valence-electron chi connectivity index (χ0n) is 14.5. The van der Waals surface area contributed by atoms with Gasteiger partial charge in [-0.05, 0) is 42.7 Å². The second-order valence-corrected chi connectivity index (χ2v) is 6.29. The number of hydrogen-bond acceptors (Lipinski definition) is 4. The largest absolute Gasteiger partial charge is 0.497 e. The van der Waals surface area contributed by atoms with Crippen LogP contribution in [0, 0.1) is 0 Å². The minimum atomic E-state index is 0. The quantitative estimate of drug-likeness (QED) is 0.706. The highest BCUT2D eigenvalue weighted by Crippen LogP contribution is 2.32. The van der Waals surface area contributed by atoms with Gasteiger partial charge in [0.1, 0.15) is 11.3 Å². The average Bonchev–Trinajstić information content (AvgIpc) is 3.03. The summed E-state index contributed by atoms with van der Waals surface area (Å²) < 4.78 is 10.8. The van der Waals surface area contributed by atoms with Crippen LogP contribution in [0.4, 0.5) is 11.4 Å². The molecule has 136 valence electrons. The normalized spacial score (nSPS) is 13.2. The van der Waals surface area contributed by atoms with Crippen LogP contribution in [-0.4, -0.2) is 19.6 Å². The van der Waals surface area contributed by atoms with Crippen molar-refractivity contribution in [3.05, 3.63) is 53.8 Å². The molecule has 0 saturated heterocycles.